The summed E-state index contributed by atoms with van der Waals surface area (Å²) in [5.74, 6) is -0.374. The molecular formula is C15H22ClFN2. The van der Waals surface area contributed by atoms with Crippen LogP contribution >= 0.6 is 11.6 Å². The third kappa shape index (κ3) is 3.47. The Bertz CT molecular complexity index is 419. The van der Waals surface area contributed by atoms with E-state index >= 15 is 0 Å². The summed E-state index contributed by atoms with van der Waals surface area (Å²) in [6.45, 7) is 0.523. The van der Waals surface area contributed by atoms with Crippen molar-refractivity contribution in [3.63, 3.8) is 0 Å². The van der Waals surface area contributed by atoms with Crippen LogP contribution in [0.25, 0.3) is 0 Å². The number of rotatable bonds is 4. The lowest BCUT2D eigenvalue weighted by atomic mass is 9.92. The zero-order valence-electron chi connectivity index (χ0n) is 11.4. The van der Waals surface area contributed by atoms with Crippen LogP contribution in [0, 0.1) is 5.82 Å². The average Bonchev–Trinajstić information content (AvgIpc) is 2.44. The highest BCUT2D eigenvalue weighted by Crippen LogP contribution is 2.30. The van der Waals surface area contributed by atoms with Crippen molar-refractivity contribution in [2.24, 2.45) is 5.73 Å². The summed E-state index contributed by atoms with van der Waals surface area (Å²) >= 11 is 5.87. The van der Waals surface area contributed by atoms with Gasteiger partial charge in [0.25, 0.3) is 0 Å². The lowest BCUT2D eigenvalue weighted by molar-refractivity contribution is 0.140. The number of nitrogens with zero attached hydrogens (tertiary/aromatic N) is 1. The molecule has 1 aromatic rings. The van der Waals surface area contributed by atoms with Crippen molar-refractivity contribution in [1.82, 2.24) is 4.90 Å². The van der Waals surface area contributed by atoms with Gasteiger partial charge < -0.3 is 5.73 Å². The van der Waals surface area contributed by atoms with Crippen molar-refractivity contribution >= 4 is 11.6 Å². The van der Waals surface area contributed by atoms with Gasteiger partial charge >= 0.3 is 0 Å². The Morgan fingerprint density at radius 2 is 2.05 bits per heavy atom. The van der Waals surface area contributed by atoms with E-state index < -0.39 is 0 Å². The number of nitrogens with two attached hydrogens (primary N) is 1. The molecule has 2 rings (SSSR count). The first-order chi connectivity index (χ1) is 9.13. The minimum Gasteiger partial charge on any atom is -0.329 e. The largest absolute Gasteiger partial charge is 0.329 e. The summed E-state index contributed by atoms with van der Waals surface area (Å²) in [5.41, 5.74) is 6.92. The molecule has 0 aromatic heterocycles. The van der Waals surface area contributed by atoms with Gasteiger partial charge in [-0.1, -0.05) is 36.9 Å². The molecule has 1 fully saturated rings. The second-order valence-corrected chi connectivity index (χ2v) is 5.79. The Labute approximate surface area is 119 Å². The summed E-state index contributed by atoms with van der Waals surface area (Å²) in [6.07, 6.45) is 6.36. The summed E-state index contributed by atoms with van der Waals surface area (Å²) in [4.78, 5) is 2.34. The number of benzene rings is 1. The van der Waals surface area contributed by atoms with E-state index in [4.69, 9.17) is 17.3 Å². The van der Waals surface area contributed by atoms with E-state index in [0.29, 0.717) is 12.6 Å². The van der Waals surface area contributed by atoms with Crippen LogP contribution in [-0.2, 0) is 0 Å². The zero-order valence-corrected chi connectivity index (χ0v) is 12.2. The molecule has 0 spiro atoms. The molecule has 1 atom stereocenters. The van der Waals surface area contributed by atoms with Gasteiger partial charge in [0.2, 0.25) is 0 Å². The van der Waals surface area contributed by atoms with Gasteiger partial charge in [0.1, 0.15) is 5.82 Å². The molecule has 0 bridgehead atoms. The van der Waals surface area contributed by atoms with Crippen LogP contribution < -0.4 is 5.73 Å². The molecule has 2 nitrogen and oxygen atoms in total. The Balaban J connectivity index is 2.15. The predicted octanol–water partition coefficient (Wildman–Crippen LogP) is 3.74. The van der Waals surface area contributed by atoms with Crippen LogP contribution in [0.1, 0.15) is 43.7 Å². The second kappa shape index (κ2) is 6.69. The van der Waals surface area contributed by atoms with E-state index in [1.165, 1.54) is 38.2 Å². The number of hydrogen-bond acceptors (Lipinski definition) is 2. The maximum Gasteiger partial charge on any atom is 0.141 e. The van der Waals surface area contributed by atoms with Gasteiger partial charge in [0.05, 0.1) is 5.02 Å². The van der Waals surface area contributed by atoms with Crippen molar-refractivity contribution in [2.45, 2.75) is 44.2 Å². The molecule has 1 saturated carbocycles. The molecule has 1 unspecified atom stereocenters. The molecule has 0 heterocycles. The molecule has 0 aliphatic heterocycles. The van der Waals surface area contributed by atoms with Gasteiger partial charge in [-0.15, -0.1) is 0 Å². The van der Waals surface area contributed by atoms with Crippen LogP contribution in [0.4, 0.5) is 4.39 Å². The molecule has 0 radical (unpaired) electrons. The van der Waals surface area contributed by atoms with Crippen LogP contribution in [0.15, 0.2) is 18.2 Å². The first-order valence-electron chi connectivity index (χ1n) is 7.00. The number of halogens is 2. The van der Waals surface area contributed by atoms with Crippen LogP contribution in [0.2, 0.25) is 5.02 Å². The van der Waals surface area contributed by atoms with E-state index in [1.807, 2.05) is 0 Å². The van der Waals surface area contributed by atoms with Crippen molar-refractivity contribution < 1.29 is 4.39 Å². The first kappa shape index (κ1) is 14.8. The summed E-state index contributed by atoms with van der Waals surface area (Å²) in [6, 6.07) is 5.60. The molecule has 1 aliphatic rings. The van der Waals surface area contributed by atoms with Crippen LogP contribution in [-0.4, -0.2) is 24.5 Å². The van der Waals surface area contributed by atoms with E-state index in [0.717, 1.165) is 5.56 Å². The Morgan fingerprint density at radius 3 is 2.63 bits per heavy atom. The zero-order chi connectivity index (χ0) is 13.8. The lowest BCUT2D eigenvalue weighted by Crippen LogP contribution is -2.39. The lowest BCUT2D eigenvalue weighted by Gasteiger charge is -2.37. The molecule has 4 heteroatoms. The van der Waals surface area contributed by atoms with Gasteiger partial charge in [-0.3, -0.25) is 4.90 Å². The van der Waals surface area contributed by atoms with E-state index in [1.54, 1.807) is 12.1 Å². The van der Waals surface area contributed by atoms with Crippen molar-refractivity contribution in [3.05, 3.63) is 34.6 Å². The van der Waals surface area contributed by atoms with Gasteiger partial charge in [0, 0.05) is 18.6 Å². The van der Waals surface area contributed by atoms with Crippen molar-refractivity contribution in [3.8, 4) is 0 Å². The predicted molar refractivity (Wildman–Crippen MR) is 77.8 cm³/mol. The minimum atomic E-state index is -0.374. The highest BCUT2D eigenvalue weighted by Gasteiger charge is 2.25. The fourth-order valence-corrected chi connectivity index (χ4v) is 3.19. The normalized spacial score (nSPS) is 18.8. The monoisotopic (exact) mass is 284 g/mol. The Kier molecular flexibility index (Phi) is 5.20. The number of hydrogen-bond donors (Lipinski definition) is 1. The summed E-state index contributed by atoms with van der Waals surface area (Å²) < 4.78 is 13.2. The van der Waals surface area contributed by atoms with Crippen LogP contribution in [0.3, 0.4) is 0 Å². The van der Waals surface area contributed by atoms with Crippen LogP contribution in [0.5, 0.6) is 0 Å². The second-order valence-electron chi connectivity index (χ2n) is 5.38. The molecule has 1 aliphatic carbocycles. The van der Waals surface area contributed by atoms with E-state index in [-0.39, 0.29) is 16.9 Å². The SMILES string of the molecule is CN(C1CCCCC1)C(CN)c1ccc(F)c(Cl)c1. The third-order valence-corrected chi connectivity index (χ3v) is 4.48. The molecule has 106 valence electrons. The molecule has 19 heavy (non-hydrogen) atoms. The number of likely N-dealkylation sites (N-methyl/N-ethyl adjacent to an activating group) is 1. The highest BCUT2D eigenvalue weighted by molar-refractivity contribution is 6.30. The van der Waals surface area contributed by atoms with Crippen molar-refractivity contribution in [1.29, 1.82) is 0 Å². The van der Waals surface area contributed by atoms with Gasteiger partial charge in [-0.05, 0) is 37.6 Å². The Morgan fingerprint density at radius 1 is 1.37 bits per heavy atom. The highest BCUT2D eigenvalue weighted by atomic mass is 35.5. The van der Waals surface area contributed by atoms with E-state index in [9.17, 15) is 4.39 Å². The molecule has 0 saturated heterocycles. The topological polar surface area (TPSA) is 29.3 Å². The Hall–Kier alpha value is -0.640. The average molecular weight is 285 g/mol. The molecule has 1 aromatic carbocycles. The molecule has 0 amide bonds. The standard InChI is InChI=1S/C15H22ClFN2/c1-19(12-5-3-2-4-6-12)15(10-18)11-7-8-14(17)13(16)9-11/h7-9,12,15H,2-6,10,18H2,1H3. The summed E-state index contributed by atoms with van der Waals surface area (Å²) in [7, 11) is 2.12. The maximum absolute atomic E-state index is 13.2. The van der Waals surface area contributed by atoms with Crippen molar-refractivity contribution in [2.75, 3.05) is 13.6 Å². The van der Waals surface area contributed by atoms with Gasteiger partial charge in [-0.2, -0.15) is 0 Å². The first-order valence-corrected chi connectivity index (χ1v) is 7.38. The van der Waals surface area contributed by atoms with Gasteiger partial charge in [-0.25, -0.2) is 4.39 Å². The van der Waals surface area contributed by atoms with E-state index in [2.05, 4.69) is 11.9 Å². The summed E-state index contributed by atoms with van der Waals surface area (Å²) in [5, 5.41) is 0.174. The minimum absolute atomic E-state index is 0.112. The fraction of sp³-hybridized carbons (Fsp3) is 0.600. The quantitative estimate of drug-likeness (QED) is 0.912. The third-order valence-electron chi connectivity index (χ3n) is 4.19. The molecule has 2 N–H and O–H groups in total. The van der Waals surface area contributed by atoms with Gasteiger partial charge in [0.15, 0.2) is 0 Å². The fourth-order valence-electron chi connectivity index (χ4n) is 3.00. The smallest absolute Gasteiger partial charge is 0.141 e. The molecular weight excluding hydrogens is 263 g/mol. The maximum atomic E-state index is 13.2.